The highest BCUT2D eigenvalue weighted by molar-refractivity contribution is 5.39. The molecule has 27 heavy (non-hydrogen) atoms. The topological polar surface area (TPSA) is 137 Å². The van der Waals surface area contributed by atoms with Gasteiger partial charge in [-0.25, -0.2) is 4.79 Å². The monoisotopic (exact) mass is 377 g/mol. The molecule has 144 valence electrons. The number of ether oxygens (including phenoxy) is 1. The number of aliphatic hydroxyl groups excluding tert-OH is 2. The zero-order valence-corrected chi connectivity index (χ0v) is 14.5. The minimum Gasteiger partial charge on any atom is -0.394 e. The largest absolute Gasteiger partial charge is 0.394 e. The molecule has 1 aliphatic heterocycles. The molecule has 0 bridgehead atoms. The predicted octanol–water partition coefficient (Wildman–Crippen LogP) is -0.0844. The van der Waals surface area contributed by atoms with Crippen LogP contribution >= 0.6 is 0 Å². The van der Waals surface area contributed by atoms with Gasteiger partial charge in [0.2, 0.25) is 0 Å². The fourth-order valence-electron chi connectivity index (χ4n) is 3.15. The van der Waals surface area contributed by atoms with E-state index < -0.39 is 41.2 Å². The normalized spacial score (nSPS) is 22.1. The first kappa shape index (κ1) is 19.0. The average Bonchev–Trinajstić information content (AvgIpc) is 3.02. The van der Waals surface area contributed by atoms with Crippen molar-refractivity contribution in [2.24, 2.45) is 0 Å². The van der Waals surface area contributed by atoms with Crippen molar-refractivity contribution in [3.63, 3.8) is 0 Å². The smallest absolute Gasteiger partial charge is 0.333 e. The van der Waals surface area contributed by atoms with E-state index >= 15 is 0 Å². The molecule has 1 fully saturated rings. The molecular weight excluding hydrogens is 358 g/mol. The number of nitrogens with zero attached hydrogens (tertiary/aromatic N) is 3. The maximum atomic E-state index is 12.8. The Morgan fingerprint density at radius 2 is 2.04 bits per heavy atom. The predicted molar refractivity (Wildman–Crippen MR) is 93.5 cm³/mol. The first-order valence-electron chi connectivity index (χ1n) is 8.32. The number of rotatable bonds is 5. The van der Waals surface area contributed by atoms with Crippen molar-refractivity contribution in [1.29, 1.82) is 0 Å². The molecule has 1 aromatic heterocycles. The summed E-state index contributed by atoms with van der Waals surface area (Å²) in [5, 5.41) is 30.3. The zero-order valence-electron chi connectivity index (χ0n) is 14.5. The number of nitro groups is 1. The van der Waals surface area contributed by atoms with Crippen LogP contribution in [0.15, 0.2) is 40.1 Å². The Morgan fingerprint density at radius 3 is 2.67 bits per heavy atom. The van der Waals surface area contributed by atoms with Gasteiger partial charge in [-0.1, -0.05) is 18.2 Å². The molecule has 0 spiro atoms. The van der Waals surface area contributed by atoms with E-state index in [-0.39, 0.29) is 29.8 Å². The van der Waals surface area contributed by atoms with Crippen molar-refractivity contribution in [3.8, 4) is 0 Å². The number of hydrogen-bond acceptors (Lipinski definition) is 7. The highest BCUT2D eigenvalue weighted by atomic mass is 16.6. The SMILES string of the molecule is Cc1cn([C@H]2C[C@@H](O)[C@@H](CO)O2)c(=O)n(Cc2ccccc2[N+](=O)[O-])c1=O. The molecule has 10 nitrogen and oxygen atoms in total. The molecule has 1 aliphatic rings. The van der Waals surface area contributed by atoms with Gasteiger partial charge in [0, 0.05) is 29.8 Å². The summed E-state index contributed by atoms with van der Waals surface area (Å²) >= 11 is 0. The fraction of sp³-hybridized carbons (Fsp3) is 0.412. The summed E-state index contributed by atoms with van der Waals surface area (Å²) in [5.74, 6) is 0. The van der Waals surface area contributed by atoms with E-state index in [1.165, 1.54) is 35.9 Å². The minimum atomic E-state index is -0.942. The van der Waals surface area contributed by atoms with Gasteiger partial charge in [0.1, 0.15) is 12.3 Å². The number of nitro benzene ring substituents is 1. The van der Waals surface area contributed by atoms with E-state index in [0.717, 1.165) is 4.57 Å². The highest BCUT2D eigenvalue weighted by Crippen LogP contribution is 2.27. The van der Waals surface area contributed by atoms with Crippen molar-refractivity contribution < 1.29 is 19.9 Å². The first-order chi connectivity index (χ1) is 12.8. The molecule has 3 atom stereocenters. The van der Waals surface area contributed by atoms with Gasteiger partial charge in [-0.2, -0.15) is 0 Å². The number of para-hydroxylation sites is 1. The Kier molecular flexibility index (Phi) is 5.22. The minimum absolute atomic E-state index is 0.0776. The molecule has 1 saturated heterocycles. The summed E-state index contributed by atoms with van der Waals surface area (Å²) in [6.07, 6.45) is -1.20. The van der Waals surface area contributed by atoms with Gasteiger partial charge in [-0.3, -0.25) is 24.0 Å². The molecule has 2 aromatic rings. The number of hydrogen-bond donors (Lipinski definition) is 2. The highest BCUT2D eigenvalue weighted by Gasteiger charge is 2.35. The van der Waals surface area contributed by atoms with Gasteiger partial charge in [-0.05, 0) is 6.92 Å². The fourth-order valence-corrected chi connectivity index (χ4v) is 3.15. The third kappa shape index (κ3) is 3.54. The lowest BCUT2D eigenvalue weighted by Crippen LogP contribution is -2.42. The molecule has 0 amide bonds. The Hall–Kier alpha value is -2.82. The molecule has 0 saturated carbocycles. The van der Waals surface area contributed by atoms with Crippen LogP contribution in [0.4, 0.5) is 5.69 Å². The average molecular weight is 377 g/mol. The van der Waals surface area contributed by atoms with Crippen LogP contribution in [0.5, 0.6) is 0 Å². The molecule has 0 aliphatic carbocycles. The van der Waals surface area contributed by atoms with E-state index in [0.29, 0.717) is 0 Å². The van der Waals surface area contributed by atoms with Crippen LogP contribution < -0.4 is 11.2 Å². The van der Waals surface area contributed by atoms with Gasteiger partial charge in [-0.15, -0.1) is 0 Å². The van der Waals surface area contributed by atoms with Crippen LogP contribution in [0.2, 0.25) is 0 Å². The summed E-state index contributed by atoms with van der Waals surface area (Å²) in [5.41, 5.74) is -0.992. The van der Waals surface area contributed by atoms with Crippen LogP contribution in [0.25, 0.3) is 0 Å². The van der Waals surface area contributed by atoms with Gasteiger partial charge in [0.25, 0.3) is 11.2 Å². The summed E-state index contributed by atoms with van der Waals surface area (Å²) in [7, 11) is 0. The van der Waals surface area contributed by atoms with E-state index in [2.05, 4.69) is 0 Å². The van der Waals surface area contributed by atoms with Crippen molar-refractivity contribution in [3.05, 3.63) is 72.5 Å². The van der Waals surface area contributed by atoms with E-state index in [4.69, 9.17) is 4.74 Å². The van der Waals surface area contributed by atoms with Crippen molar-refractivity contribution in [2.75, 3.05) is 6.61 Å². The summed E-state index contributed by atoms with van der Waals surface area (Å²) in [4.78, 5) is 35.9. The maximum Gasteiger partial charge on any atom is 0.333 e. The summed E-state index contributed by atoms with van der Waals surface area (Å²) in [6, 6.07) is 5.87. The van der Waals surface area contributed by atoms with E-state index in [1.807, 2.05) is 0 Å². The standard InChI is InChI=1S/C17H19N3O7/c1-10-7-18(15-6-13(22)14(9-21)27-15)17(24)19(16(10)23)8-11-4-2-3-5-12(11)20(25)26/h2-5,7,13-15,21-22H,6,8-9H2,1H3/t13-,14-,15-/m1/s1. The van der Waals surface area contributed by atoms with Crippen molar-refractivity contribution in [1.82, 2.24) is 9.13 Å². The van der Waals surface area contributed by atoms with E-state index in [1.54, 1.807) is 6.07 Å². The van der Waals surface area contributed by atoms with Gasteiger partial charge >= 0.3 is 5.69 Å². The second kappa shape index (κ2) is 7.43. The molecule has 3 rings (SSSR count). The van der Waals surface area contributed by atoms with Gasteiger partial charge < -0.3 is 14.9 Å². The van der Waals surface area contributed by atoms with Crippen LogP contribution in [0, 0.1) is 17.0 Å². The Bertz CT molecular complexity index is 981. The Labute approximate surface area is 153 Å². The Morgan fingerprint density at radius 1 is 1.33 bits per heavy atom. The molecular formula is C17H19N3O7. The first-order valence-corrected chi connectivity index (χ1v) is 8.32. The summed E-state index contributed by atoms with van der Waals surface area (Å²) < 4.78 is 7.56. The lowest BCUT2D eigenvalue weighted by atomic mass is 10.1. The number of aromatic nitrogens is 2. The quantitative estimate of drug-likeness (QED) is 0.549. The zero-order chi connectivity index (χ0) is 19.7. The van der Waals surface area contributed by atoms with Crippen LogP contribution in [0.1, 0.15) is 23.8 Å². The van der Waals surface area contributed by atoms with Crippen molar-refractivity contribution in [2.45, 2.75) is 38.3 Å². The molecule has 10 heteroatoms. The summed E-state index contributed by atoms with van der Waals surface area (Å²) in [6.45, 7) is 0.847. The lowest BCUT2D eigenvalue weighted by Gasteiger charge is -2.17. The number of aliphatic hydroxyl groups is 2. The Balaban J connectivity index is 2.05. The third-order valence-electron chi connectivity index (χ3n) is 4.58. The second-order valence-corrected chi connectivity index (χ2v) is 6.39. The number of benzene rings is 1. The van der Waals surface area contributed by atoms with Crippen LogP contribution in [-0.2, 0) is 11.3 Å². The third-order valence-corrected chi connectivity index (χ3v) is 4.58. The van der Waals surface area contributed by atoms with E-state index in [9.17, 15) is 29.9 Å². The second-order valence-electron chi connectivity index (χ2n) is 6.39. The molecule has 2 N–H and O–H groups in total. The maximum absolute atomic E-state index is 12.8. The van der Waals surface area contributed by atoms with Crippen molar-refractivity contribution >= 4 is 5.69 Å². The number of aryl methyl sites for hydroxylation is 1. The molecule has 0 unspecified atom stereocenters. The van der Waals surface area contributed by atoms with Gasteiger partial charge in [0.05, 0.1) is 24.2 Å². The van der Waals surface area contributed by atoms with Gasteiger partial charge in [0.15, 0.2) is 0 Å². The van der Waals surface area contributed by atoms with Crippen LogP contribution in [-0.4, -0.2) is 43.1 Å². The van der Waals surface area contributed by atoms with Crippen LogP contribution in [0.3, 0.4) is 0 Å². The molecule has 0 radical (unpaired) electrons. The molecule has 2 heterocycles. The lowest BCUT2D eigenvalue weighted by molar-refractivity contribution is -0.385. The molecule has 1 aromatic carbocycles.